The number of aromatic nitrogens is 1. The summed E-state index contributed by atoms with van der Waals surface area (Å²) >= 11 is 1.44. The molecule has 1 aromatic carbocycles. The summed E-state index contributed by atoms with van der Waals surface area (Å²) in [5.41, 5.74) is 6.36. The summed E-state index contributed by atoms with van der Waals surface area (Å²) in [7, 11) is 0. The number of hydrogen-bond acceptors (Lipinski definition) is 4. The average molecular weight is 232 g/mol. The van der Waals surface area contributed by atoms with Crippen molar-refractivity contribution in [2.75, 3.05) is 12.3 Å². The minimum atomic E-state index is 0.634. The van der Waals surface area contributed by atoms with E-state index < -0.39 is 0 Å². The normalized spacial score (nSPS) is 12.0. The molecule has 1 aliphatic heterocycles. The number of benzene rings is 1. The van der Waals surface area contributed by atoms with E-state index in [9.17, 15) is 0 Å². The van der Waals surface area contributed by atoms with Gasteiger partial charge in [0.2, 0.25) is 0 Å². The van der Waals surface area contributed by atoms with Crippen molar-refractivity contribution >= 4 is 22.5 Å². The number of nitrogen functional groups attached to an aromatic ring is 1. The molecule has 0 saturated carbocycles. The molecule has 0 atom stereocenters. The number of hydrogen-bond donors (Lipinski definition) is 1. The molecule has 0 aliphatic carbocycles. The second-order valence-electron chi connectivity index (χ2n) is 3.12. The highest BCUT2D eigenvalue weighted by Crippen LogP contribution is 2.21. The average Bonchev–Trinajstić information content (AvgIpc) is 2.81. The van der Waals surface area contributed by atoms with Crippen molar-refractivity contribution in [1.29, 1.82) is 0 Å². The number of thiazole rings is 1. The van der Waals surface area contributed by atoms with Crippen LogP contribution in [0.5, 0.6) is 5.75 Å². The first-order valence-electron chi connectivity index (χ1n) is 4.89. The van der Waals surface area contributed by atoms with E-state index in [2.05, 4.69) is 11.1 Å². The molecule has 1 aliphatic rings. The van der Waals surface area contributed by atoms with Crippen LogP contribution in [0.15, 0.2) is 41.9 Å². The number of nitrogens with two attached hydrogens (primary N) is 1. The fourth-order valence-corrected chi connectivity index (χ4v) is 1.68. The molecular weight excluding hydrogens is 220 g/mol. The Balaban J connectivity index is 0.000000138. The lowest BCUT2D eigenvalue weighted by Crippen LogP contribution is -1.98. The van der Waals surface area contributed by atoms with Crippen LogP contribution < -0.4 is 10.5 Å². The Kier molecular flexibility index (Phi) is 3.56. The molecule has 0 saturated heterocycles. The van der Waals surface area contributed by atoms with E-state index in [0.29, 0.717) is 11.7 Å². The van der Waals surface area contributed by atoms with Crippen molar-refractivity contribution in [3.05, 3.63) is 47.5 Å². The van der Waals surface area contributed by atoms with Gasteiger partial charge in [-0.1, -0.05) is 24.3 Å². The van der Waals surface area contributed by atoms with Crippen LogP contribution in [-0.4, -0.2) is 11.6 Å². The second-order valence-corrected chi connectivity index (χ2v) is 4.05. The van der Waals surface area contributed by atoms with Gasteiger partial charge in [0.1, 0.15) is 12.4 Å². The molecule has 0 bridgehead atoms. The zero-order chi connectivity index (χ0) is 11.2. The van der Waals surface area contributed by atoms with Crippen LogP contribution in [0.25, 0.3) is 6.08 Å². The molecule has 0 spiro atoms. The van der Waals surface area contributed by atoms with Crippen molar-refractivity contribution in [2.45, 2.75) is 0 Å². The van der Waals surface area contributed by atoms with E-state index in [1.165, 1.54) is 16.9 Å². The summed E-state index contributed by atoms with van der Waals surface area (Å²) in [5, 5.41) is 2.48. The van der Waals surface area contributed by atoms with Gasteiger partial charge in [-0.05, 0) is 12.1 Å². The molecule has 82 valence electrons. The van der Waals surface area contributed by atoms with Gasteiger partial charge in [-0.15, -0.1) is 11.3 Å². The van der Waals surface area contributed by atoms with E-state index in [1.54, 1.807) is 6.20 Å². The topological polar surface area (TPSA) is 48.1 Å². The highest BCUT2D eigenvalue weighted by atomic mass is 32.1. The fourth-order valence-electron chi connectivity index (χ4n) is 1.30. The summed E-state index contributed by atoms with van der Waals surface area (Å²) in [5.74, 6) is 0.991. The van der Waals surface area contributed by atoms with Crippen molar-refractivity contribution in [3.8, 4) is 5.75 Å². The van der Waals surface area contributed by atoms with Gasteiger partial charge in [0, 0.05) is 17.1 Å². The van der Waals surface area contributed by atoms with E-state index in [0.717, 1.165) is 5.75 Å². The summed E-state index contributed by atoms with van der Waals surface area (Å²) in [4.78, 5) is 3.71. The molecule has 3 rings (SSSR count). The van der Waals surface area contributed by atoms with E-state index in [-0.39, 0.29) is 0 Å². The number of nitrogens with zero attached hydrogens (tertiary/aromatic N) is 1. The number of para-hydroxylation sites is 1. The largest absolute Gasteiger partial charge is 0.489 e. The smallest absolute Gasteiger partial charge is 0.179 e. The maximum atomic E-state index is 5.34. The third kappa shape index (κ3) is 2.84. The Morgan fingerprint density at radius 1 is 1.31 bits per heavy atom. The molecule has 0 radical (unpaired) electrons. The van der Waals surface area contributed by atoms with E-state index in [1.807, 2.05) is 35.7 Å². The highest BCUT2D eigenvalue weighted by molar-refractivity contribution is 7.13. The molecule has 1 aromatic heterocycles. The van der Waals surface area contributed by atoms with E-state index >= 15 is 0 Å². The molecule has 0 fully saturated rings. The maximum Gasteiger partial charge on any atom is 0.179 e. The monoisotopic (exact) mass is 232 g/mol. The predicted octanol–water partition coefficient (Wildman–Crippen LogP) is 2.82. The van der Waals surface area contributed by atoms with Crippen molar-refractivity contribution in [3.63, 3.8) is 0 Å². The van der Waals surface area contributed by atoms with Crippen LogP contribution in [0.4, 0.5) is 5.13 Å². The molecule has 2 aromatic rings. The van der Waals surface area contributed by atoms with E-state index in [4.69, 9.17) is 10.5 Å². The number of anilines is 1. The van der Waals surface area contributed by atoms with Crippen molar-refractivity contribution < 1.29 is 4.74 Å². The zero-order valence-corrected chi connectivity index (χ0v) is 9.48. The molecule has 2 heterocycles. The number of ether oxygens (including phenoxy) is 1. The lowest BCUT2D eigenvalue weighted by atomic mass is 10.1. The molecule has 4 heteroatoms. The first kappa shape index (κ1) is 10.7. The summed E-state index contributed by atoms with van der Waals surface area (Å²) in [6.07, 6.45) is 5.78. The van der Waals surface area contributed by atoms with Gasteiger partial charge >= 0.3 is 0 Å². The van der Waals surface area contributed by atoms with Crippen LogP contribution in [0.3, 0.4) is 0 Å². The predicted molar refractivity (Wildman–Crippen MR) is 67.5 cm³/mol. The SMILES string of the molecule is C1=Cc2ccccc2OC1.Nc1nccs1. The minimum Gasteiger partial charge on any atom is -0.489 e. The summed E-state index contributed by atoms with van der Waals surface area (Å²) in [6, 6.07) is 8.03. The zero-order valence-electron chi connectivity index (χ0n) is 8.67. The van der Waals surface area contributed by atoms with Crippen LogP contribution in [-0.2, 0) is 0 Å². The first-order valence-corrected chi connectivity index (χ1v) is 5.77. The summed E-state index contributed by atoms with van der Waals surface area (Å²) < 4.78 is 5.34. The lowest BCUT2D eigenvalue weighted by Gasteiger charge is -2.10. The van der Waals surface area contributed by atoms with Gasteiger partial charge in [-0.2, -0.15) is 0 Å². The Bertz CT molecular complexity index is 466. The molecule has 3 nitrogen and oxygen atoms in total. The quantitative estimate of drug-likeness (QED) is 0.759. The molecule has 16 heavy (non-hydrogen) atoms. The van der Waals surface area contributed by atoms with Gasteiger partial charge in [0.05, 0.1) is 0 Å². The first-order chi connectivity index (χ1) is 7.86. The van der Waals surface area contributed by atoms with Gasteiger partial charge in [0.15, 0.2) is 5.13 Å². The fraction of sp³-hybridized carbons (Fsp3) is 0.0833. The lowest BCUT2D eigenvalue weighted by molar-refractivity contribution is 0.358. The van der Waals surface area contributed by atoms with Crippen LogP contribution in [0.2, 0.25) is 0 Å². The Hall–Kier alpha value is -1.81. The van der Waals surface area contributed by atoms with Crippen molar-refractivity contribution in [2.24, 2.45) is 0 Å². The molecule has 2 N–H and O–H groups in total. The standard InChI is InChI=1S/C9H8O.C3H4N2S/c1-2-6-9-8(4-1)5-3-7-10-9;4-3-5-1-2-6-3/h1-6H,7H2;1-2H,(H2,4,5). The third-order valence-corrected chi connectivity index (χ3v) is 2.61. The van der Waals surface area contributed by atoms with Crippen molar-refractivity contribution in [1.82, 2.24) is 4.98 Å². The number of rotatable bonds is 0. The highest BCUT2D eigenvalue weighted by Gasteiger charge is 2.01. The second kappa shape index (κ2) is 5.32. The Morgan fingerprint density at radius 3 is 2.81 bits per heavy atom. The van der Waals surface area contributed by atoms with Gasteiger partial charge in [0.25, 0.3) is 0 Å². The van der Waals surface area contributed by atoms with Crippen LogP contribution >= 0.6 is 11.3 Å². The third-order valence-electron chi connectivity index (χ3n) is 2.00. The minimum absolute atomic E-state index is 0.634. The number of fused-ring (bicyclic) bond motifs is 1. The van der Waals surface area contributed by atoms with Crippen LogP contribution in [0, 0.1) is 0 Å². The van der Waals surface area contributed by atoms with Crippen LogP contribution in [0.1, 0.15) is 5.56 Å². The van der Waals surface area contributed by atoms with Gasteiger partial charge in [-0.3, -0.25) is 0 Å². The molecular formula is C12H12N2OS. The van der Waals surface area contributed by atoms with Gasteiger partial charge < -0.3 is 10.5 Å². The Labute approximate surface area is 98.2 Å². The molecule has 0 amide bonds. The van der Waals surface area contributed by atoms with Gasteiger partial charge in [-0.25, -0.2) is 4.98 Å². The molecule has 0 unspecified atom stereocenters. The summed E-state index contributed by atoms with van der Waals surface area (Å²) in [6.45, 7) is 0.705. The Morgan fingerprint density at radius 2 is 2.19 bits per heavy atom. The maximum absolute atomic E-state index is 5.34.